The average Bonchev–Trinajstić information content (AvgIpc) is 2.41. The molecule has 0 aromatic heterocycles. The van der Waals surface area contributed by atoms with Crippen LogP contribution < -0.4 is 4.74 Å². The van der Waals surface area contributed by atoms with E-state index in [1.54, 1.807) is 24.3 Å². The monoisotopic (exact) mass is 360 g/mol. The Morgan fingerprint density at radius 1 is 1.21 bits per heavy atom. The van der Waals surface area contributed by atoms with Gasteiger partial charge in [-0.3, -0.25) is 0 Å². The predicted octanol–water partition coefficient (Wildman–Crippen LogP) is 4.85. The molecule has 0 heterocycles. The Morgan fingerprint density at radius 2 is 1.95 bits per heavy atom. The van der Waals surface area contributed by atoms with Gasteiger partial charge in [0.2, 0.25) is 0 Å². The lowest BCUT2D eigenvalue weighted by Crippen LogP contribution is -2.01. The van der Waals surface area contributed by atoms with Crippen molar-refractivity contribution < 1.29 is 9.84 Å². The van der Waals surface area contributed by atoms with Crippen LogP contribution in [0.5, 0.6) is 5.75 Å². The Kier molecular flexibility index (Phi) is 4.74. The van der Waals surface area contributed by atoms with Gasteiger partial charge in [0.05, 0.1) is 17.2 Å². The van der Waals surface area contributed by atoms with E-state index in [-0.39, 0.29) is 0 Å². The third-order valence-corrected chi connectivity index (χ3v) is 4.39. The van der Waals surface area contributed by atoms with E-state index >= 15 is 0 Å². The van der Waals surface area contributed by atoms with Crippen LogP contribution >= 0.6 is 39.1 Å². The molecule has 0 saturated carbocycles. The second-order valence-electron chi connectivity index (χ2n) is 3.94. The van der Waals surface area contributed by atoms with Gasteiger partial charge in [0.1, 0.15) is 11.9 Å². The number of benzene rings is 2. The first-order valence-corrected chi connectivity index (χ1v) is 7.05. The molecule has 2 rings (SSSR count). The van der Waals surface area contributed by atoms with Crippen molar-refractivity contribution in [2.24, 2.45) is 0 Å². The number of hydrogen-bond donors (Lipinski definition) is 1. The van der Waals surface area contributed by atoms with Crippen LogP contribution in [0.1, 0.15) is 17.2 Å². The third kappa shape index (κ3) is 3.06. The van der Waals surface area contributed by atoms with Gasteiger partial charge in [0.15, 0.2) is 0 Å². The normalized spacial score (nSPS) is 12.3. The number of aliphatic hydroxyl groups is 1. The first-order chi connectivity index (χ1) is 9.04. The van der Waals surface area contributed by atoms with Crippen LogP contribution in [0.25, 0.3) is 0 Å². The average molecular weight is 362 g/mol. The van der Waals surface area contributed by atoms with Crippen LogP contribution in [0.15, 0.2) is 40.9 Å². The first kappa shape index (κ1) is 14.7. The van der Waals surface area contributed by atoms with E-state index in [0.717, 1.165) is 4.47 Å². The van der Waals surface area contributed by atoms with E-state index in [1.807, 2.05) is 12.1 Å². The summed E-state index contributed by atoms with van der Waals surface area (Å²) in [6.07, 6.45) is -0.837. The Morgan fingerprint density at radius 3 is 2.63 bits per heavy atom. The molecule has 0 radical (unpaired) electrons. The van der Waals surface area contributed by atoms with Crippen LogP contribution in [0.4, 0.5) is 0 Å². The number of ether oxygens (including phenoxy) is 1. The molecule has 0 aliphatic rings. The molecule has 1 atom stereocenters. The molecule has 0 fully saturated rings. The molecule has 2 aromatic carbocycles. The van der Waals surface area contributed by atoms with E-state index in [0.29, 0.717) is 26.9 Å². The number of rotatable bonds is 3. The zero-order valence-corrected chi connectivity index (χ0v) is 13.1. The minimum atomic E-state index is -0.837. The summed E-state index contributed by atoms with van der Waals surface area (Å²) in [6, 6.07) is 10.5. The van der Waals surface area contributed by atoms with Crippen LogP contribution in [0.2, 0.25) is 10.0 Å². The van der Waals surface area contributed by atoms with Crippen LogP contribution in [0, 0.1) is 0 Å². The Labute approximate surface area is 130 Å². The highest BCUT2D eigenvalue weighted by molar-refractivity contribution is 9.10. The maximum absolute atomic E-state index is 10.4. The highest BCUT2D eigenvalue weighted by Gasteiger charge is 2.16. The zero-order chi connectivity index (χ0) is 14.0. The predicted molar refractivity (Wildman–Crippen MR) is 81.2 cm³/mol. The zero-order valence-electron chi connectivity index (χ0n) is 10.0. The molecule has 0 aliphatic carbocycles. The van der Waals surface area contributed by atoms with Crippen molar-refractivity contribution in [2.75, 3.05) is 7.11 Å². The van der Waals surface area contributed by atoms with Crippen molar-refractivity contribution >= 4 is 39.1 Å². The van der Waals surface area contributed by atoms with Crippen molar-refractivity contribution in [1.29, 1.82) is 0 Å². The quantitative estimate of drug-likeness (QED) is 0.846. The lowest BCUT2D eigenvalue weighted by Gasteiger charge is -2.15. The second-order valence-corrected chi connectivity index (χ2v) is 5.58. The largest absolute Gasteiger partial charge is 0.495 e. The van der Waals surface area contributed by atoms with Gasteiger partial charge in [0, 0.05) is 10.0 Å². The summed E-state index contributed by atoms with van der Waals surface area (Å²) in [5.74, 6) is 0.518. The summed E-state index contributed by atoms with van der Waals surface area (Å²) < 4.78 is 5.88. The first-order valence-electron chi connectivity index (χ1n) is 5.50. The lowest BCUT2D eigenvalue weighted by molar-refractivity contribution is 0.220. The van der Waals surface area contributed by atoms with Gasteiger partial charge in [-0.1, -0.05) is 41.4 Å². The van der Waals surface area contributed by atoms with E-state index in [9.17, 15) is 5.11 Å². The molecule has 1 N–H and O–H groups in total. The van der Waals surface area contributed by atoms with Gasteiger partial charge in [-0.25, -0.2) is 0 Å². The van der Waals surface area contributed by atoms with E-state index in [2.05, 4.69) is 15.9 Å². The minimum absolute atomic E-state index is 0.490. The van der Waals surface area contributed by atoms with Crippen LogP contribution in [-0.4, -0.2) is 12.2 Å². The second kappa shape index (κ2) is 6.14. The molecule has 1 unspecified atom stereocenters. The van der Waals surface area contributed by atoms with Crippen molar-refractivity contribution in [3.8, 4) is 5.75 Å². The summed E-state index contributed by atoms with van der Waals surface area (Å²) in [7, 11) is 1.53. The number of halogens is 3. The summed E-state index contributed by atoms with van der Waals surface area (Å²) in [5.41, 5.74) is 1.29. The summed E-state index contributed by atoms with van der Waals surface area (Å²) in [5, 5.41) is 11.4. The summed E-state index contributed by atoms with van der Waals surface area (Å²) >= 11 is 15.5. The molecule has 5 heteroatoms. The van der Waals surface area contributed by atoms with Crippen molar-refractivity contribution in [2.45, 2.75) is 6.10 Å². The fourth-order valence-corrected chi connectivity index (χ4v) is 2.56. The van der Waals surface area contributed by atoms with Gasteiger partial charge in [0.25, 0.3) is 0 Å². The Balaban J connectivity index is 2.44. The van der Waals surface area contributed by atoms with E-state index in [1.165, 1.54) is 7.11 Å². The Bertz CT molecular complexity index is 602. The SMILES string of the molecule is COc1cc(C(O)c2cccc(Br)c2Cl)ccc1Cl. The number of aliphatic hydroxyl groups excluding tert-OH is 1. The fourth-order valence-electron chi connectivity index (χ4n) is 1.76. The molecule has 19 heavy (non-hydrogen) atoms. The Hall–Kier alpha value is -0.740. The maximum atomic E-state index is 10.4. The summed E-state index contributed by atoms with van der Waals surface area (Å²) in [4.78, 5) is 0. The minimum Gasteiger partial charge on any atom is -0.495 e. The van der Waals surface area contributed by atoms with Crippen LogP contribution in [0.3, 0.4) is 0 Å². The van der Waals surface area contributed by atoms with Gasteiger partial charge >= 0.3 is 0 Å². The van der Waals surface area contributed by atoms with Gasteiger partial charge in [-0.2, -0.15) is 0 Å². The molecule has 2 aromatic rings. The number of hydrogen-bond acceptors (Lipinski definition) is 2. The topological polar surface area (TPSA) is 29.5 Å². The molecule has 100 valence electrons. The van der Waals surface area contributed by atoms with Crippen molar-refractivity contribution in [3.05, 3.63) is 62.0 Å². The molecule has 0 bridgehead atoms. The molecular weight excluding hydrogens is 351 g/mol. The van der Waals surface area contributed by atoms with Gasteiger partial charge in [-0.05, 0) is 39.7 Å². The van der Waals surface area contributed by atoms with Gasteiger partial charge in [-0.15, -0.1) is 0 Å². The van der Waals surface area contributed by atoms with Crippen LogP contribution in [-0.2, 0) is 0 Å². The standard InChI is InChI=1S/C14H11BrCl2O2/c1-19-12-7-8(5-6-11(12)16)14(18)9-3-2-4-10(15)13(9)17/h2-7,14,18H,1H3. The summed E-state index contributed by atoms with van der Waals surface area (Å²) in [6.45, 7) is 0. The number of methoxy groups -OCH3 is 1. The molecule has 0 spiro atoms. The van der Waals surface area contributed by atoms with Gasteiger partial charge < -0.3 is 9.84 Å². The lowest BCUT2D eigenvalue weighted by atomic mass is 10.0. The van der Waals surface area contributed by atoms with Crippen molar-refractivity contribution in [1.82, 2.24) is 0 Å². The van der Waals surface area contributed by atoms with Crippen molar-refractivity contribution in [3.63, 3.8) is 0 Å². The molecule has 0 amide bonds. The molecule has 0 aliphatic heterocycles. The van der Waals surface area contributed by atoms with E-state index < -0.39 is 6.10 Å². The van der Waals surface area contributed by atoms with E-state index in [4.69, 9.17) is 27.9 Å². The molecule has 0 saturated heterocycles. The highest BCUT2D eigenvalue weighted by atomic mass is 79.9. The highest BCUT2D eigenvalue weighted by Crippen LogP contribution is 2.35. The fraction of sp³-hybridized carbons (Fsp3) is 0.143. The maximum Gasteiger partial charge on any atom is 0.137 e. The molecule has 2 nitrogen and oxygen atoms in total. The third-order valence-electron chi connectivity index (χ3n) is 2.77. The molecular formula is C14H11BrCl2O2. The smallest absolute Gasteiger partial charge is 0.137 e.